The molecule has 3 N–H and O–H groups in total. The van der Waals surface area contributed by atoms with Crippen LogP contribution in [-0.4, -0.2) is 16.8 Å². The summed E-state index contributed by atoms with van der Waals surface area (Å²) in [5.41, 5.74) is 6.56. The van der Waals surface area contributed by atoms with Crippen LogP contribution in [0.4, 0.5) is 11.5 Å². The predicted molar refractivity (Wildman–Crippen MR) is 76.1 cm³/mol. The Bertz CT molecular complexity index is 569. The molecule has 19 heavy (non-hydrogen) atoms. The molecule has 1 aromatic carbocycles. The molecule has 1 amide bonds. The van der Waals surface area contributed by atoms with Gasteiger partial charge in [-0.3, -0.25) is 4.79 Å². The van der Waals surface area contributed by atoms with Crippen molar-refractivity contribution in [3.05, 3.63) is 36.1 Å². The highest BCUT2D eigenvalue weighted by molar-refractivity contribution is 7.99. The number of para-hydroxylation sites is 1. The summed E-state index contributed by atoms with van der Waals surface area (Å²) in [4.78, 5) is 12.7. The molecule has 0 atom stereocenters. The van der Waals surface area contributed by atoms with Crippen molar-refractivity contribution in [2.24, 2.45) is 0 Å². The molecule has 0 spiro atoms. The fourth-order valence-electron chi connectivity index (χ4n) is 1.50. The van der Waals surface area contributed by atoms with Gasteiger partial charge in [0.05, 0.1) is 0 Å². The van der Waals surface area contributed by atoms with E-state index in [-0.39, 0.29) is 5.91 Å². The van der Waals surface area contributed by atoms with E-state index in [2.05, 4.69) is 10.5 Å². The van der Waals surface area contributed by atoms with E-state index in [4.69, 9.17) is 10.3 Å². The molecule has 1 aromatic heterocycles. The van der Waals surface area contributed by atoms with Gasteiger partial charge in [0, 0.05) is 28.8 Å². The largest absolute Gasteiger partial charge is 0.398 e. The molecule has 0 saturated heterocycles. The maximum Gasteiger partial charge on any atom is 0.226 e. The summed E-state index contributed by atoms with van der Waals surface area (Å²) in [6.07, 6.45) is 0.394. The Labute approximate surface area is 115 Å². The summed E-state index contributed by atoms with van der Waals surface area (Å²) in [5, 5.41) is 6.38. The second-order valence-electron chi connectivity index (χ2n) is 4.01. The smallest absolute Gasteiger partial charge is 0.226 e. The highest BCUT2D eigenvalue weighted by Gasteiger charge is 2.07. The van der Waals surface area contributed by atoms with Gasteiger partial charge in [0.15, 0.2) is 5.82 Å². The lowest BCUT2D eigenvalue weighted by molar-refractivity contribution is -0.115. The van der Waals surface area contributed by atoms with Gasteiger partial charge in [0.25, 0.3) is 0 Å². The number of nitrogens with one attached hydrogen (secondary N) is 1. The monoisotopic (exact) mass is 277 g/mol. The molecule has 2 rings (SSSR count). The van der Waals surface area contributed by atoms with E-state index in [9.17, 15) is 4.79 Å². The molecule has 0 aliphatic carbocycles. The van der Waals surface area contributed by atoms with Gasteiger partial charge in [0.1, 0.15) is 5.76 Å². The van der Waals surface area contributed by atoms with Crippen LogP contribution in [0.25, 0.3) is 0 Å². The van der Waals surface area contributed by atoms with Crippen molar-refractivity contribution in [3.8, 4) is 0 Å². The van der Waals surface area contributed by atoms with Crippen molar-refractivity contribution < 1.29 is 9.32 Å². The number of anilines is 2. The number of thioether (sulfide) groups is 1. The molecule has 0 aliphatic heterocycles. The highest BCUT2D eigenvalue weighted by Crippen LogP contribution is 2.24. The van der Waals surface area contributed by atoms with Gasteiger partial charge in [-0.25, -0.2) is 0 Å². The number of amides is 1. The van der Waals surface area contributed by atoms with Gasteiger partial charge >= 0.3 is 0 Å². The summed E-state index contributed by atoms with van der Waals surface area (Å²) in [6.45, 7) is 1.77. The third kappa shape index (κ3) is 4.03. The fraction of sp³-hybridized carbons (Fsp3) is 0.231. The minimum Gasteiger partial charge on any atom is -0.398 e. The van der Waals surface area contributed by atoms with Crippen LogP contribution in [0, 0.1) is 6.92 Å². The maximum atomic E-state index is 11.7. The zero-order valence-electron chi connectivity index (χ0n) is 10.6. The van der Waals surface area contributed by atoms with Gasteiger partial charge < -0.3 is 15.6 Å². The number of carbonyl (C=O) groups excluding carboxylic acids is 1. The zero-order chi connectivity index (χ0) is 13.7. The summed E-state index contributed by atoms with van der Waals surface area (Å²) in [6, 6.07) is 9.29. The van der Waals surface area contributed by atoms with E-state index >= 15 is 0 Å². The number of rotatable bonds is 5. The number of carbonyl (C=O) groups is 1. The lowest BCUT2D eigenvalue weighted by Crippen LogP contribution is -2.12. The minimum absolute atomic E-state index is 0.0877. The van der Waals surface area contributed by atoms with Crippen LogP contribution < -0.4 is 11.1 Å². The Morgan fingerprint density at radius 1 is 1.47 bits per heavy atom. The van der Waals surface area contributed by atoms with Crippen molar-refractivity contribution in [2.45, 2.75) is 18.2 Å². The van der Waals surface area contributed by atoms with Crippen LogP contribution in [0.2, 0.25) is 0 Å². The molecule has 5 nitrogen and oxygen atoms in total. The van der Waals surface area contributed by atoms with Gasteiger partial charge in [0.2, 0.25) is 5.91 Å². The van der Waals surface area contributed by atoms with Crippen molar-refractivity contribution in [1.82, 2.24) is 5.16 Å². The molecule has 0 bridgehead atoms. The van der Waals surface area contributed by atoms with E-state index in [0.717, 1.165) is 10.6 Å². The maximum absolute atomic E-state index is 11.7. The molecule has 100 valence electrons. The van der Waals surface area contributed by atoms with Crippen LogP contribution in [0.15, 0.2) is 39.8 Å². The standard InChI is InChI=1S/C13H15N3O2S/c1-9-8-12(16-18-9)15-13(17)6-7-19-11-5-3-2-4-10(11)14/h2-5,8H,6-7,14H2,1H3,(H,15,16,17). The van der Waals surface area contributed by atoms with Crippen molar-refractivity contribution in [3.63, 3.8) is 0 Å². The lowest BCUT2D eigenvalue weighted by atomic mass is 10.3. The molecule has 0 saturated carbocycles. The Morgan fingerprint density at radius 3 is 2.95 bits per heavy atom. The third-order valence-corrected chi connectivity index (χ3v) is 3.49. The van der Waals surface area contributed by atoms with Gasteiger partial charge in [-0.2, -0.15) is 0 Å². The summed E-state index contributed by atoms with van der Waals surface area (Å²) in [5.74, 6) is 1.69. The number of hydrogen-bond donors (Lipinski definition) is 2. The summed E-state index contributed by atoms with van der Waals surface area (Å²) < 4.78 is 4.87. The first-order chi connectivity index (χ1) is 9.15. The number of benzene rings is 1. The third-order valence-electron chi connectivity index (χ3n) is 2.40. The number of aromatic nitrogens is 1. The Kier molecular flexibility index (Phi) is 4.46. The van der Waals surface area contributed by atoms with Gasteiger partial charge in [-0.05, 0) is 19.1 Å². The average molecular weight is 277 g/mol. The van der Waals surface area contributed by atoms with Crippen LogP contribution in [0.5, 0.6) is 0 Å². The first kappa shape index (κ1) is 13.5. The van der Waals surface area contributed by atoms with Crippen molar-refractivity contribution in [1.29, 1.82) is 0 Å². The highest BCUT2D eigenvalue weighted by atomic mass is 32.2. The number of nitrogen functional groups attached to an aromatic ring is 1. The van der Waals surface area contributed by atoms with Crippen LogP contribution >= 0.6 is 11.8 Å². The van der Waals surface area contributed by atoms with Gasteiger partial charge in [-0.15, -0.1) is 11.8 Å². The Balaban J connectivity index is 1.77. The zero-order valence-corrected chi connectivity index (χ0v) is 11.4. The van der Waals surface area contributed by atoms with E-state index in [1.54, 1.807) is 24.8 Å². The van der Waals surface area contributed by atoms with E-state index in [0.29, 0.717) is 23.8 Å². The number of nitrogens with zero attached hydrogens (tertiary/aromatic N) is 1. The quantitative estimate of drug-likeness (QED) is 0.648. The molecular formula is C13H15N3O2S. The second-order valence-corrected chi connectivity index (χ2v) is 5.14. The SMILES string of the molecule is Cc1cc(NC(=O)CCSc2ccccc2N)no1. The van der Waals surface area contributed by atoms with Crippen LogP contribution in [-0.2, 0) is 4.79 Å². The van der Waals surface area contributed by atoms with E-state index in [1.165, 1.54) is 0 Å². The average Bonchev–Trinajstić information content (AvgIpc) is 2.77. The molecule has 0 radical (unpaired) electrons. The molecule has 0 unspecified atom stereocenters. The fourth-order valence-corrected chi connectivity index (χ4v) is 2.41. The number of nitrogens with two attached hydrogens (primary N) is 1. The molecule has 6 heteroatoms. The van der Waals surface area contributed by atoms with Crippen LogP contribution in [0.3, 0.4) is 0 Å². The lowest BCUT2D eigenvalue weighted by Gasteiger charge is -2.04. The Hall–Kier alpha value is -1.95. The second kappa shape index (κ2) is 6.29. The predicted octanol–water partition coefficient (Wildman–Crippen LogP) is 2.69. The number of hydrogen-bond acceptors (Lipinski definition) is 5. The first-order valence-corrected chi connectivity index (χ1v) is 6.84. The normalized spacial score (nSPS) is 10.4. The topological polar surface area (TPSA) is 81.2 Å². The van der Waals surface area contributed by atoms with Gasteiger partial charge in [-0.1, -0.05) is 17.3 Å². The van der Waals surface area contributed by atoms with Crippen molar-refractivity contribution in [2.75, 3.05) is 16.8 Å². The van der Waals surface area contributed by atoms with E-state index in [1.807, 2.05) is 24.3 Å². The molecular weight excluding hydrogens is 262 g/mol. The summed E-state index contributed by atoms with van der Waals surface area (Å²) in [7, 11) is 0. The Morgan fingerprint density at radius 2 is 2.26 bits per heavy atom. The molecule has 0 fully saturated rings. The van der Waals surface area contributed by atoms with Crippen molar-refractivity contribution >= 4 is 29.2 Å². The van der Waals surface area contributed by atoms with E-state index < -0.39 is 0 Å². The first-order valence-electron chi connectivity index (χ1n) is 5.85. The van der Waals surface area contributed by atoms with Crippen LogP contribution in [0.1, 0.15) is 12.2 Å². The molecule has 1 heterocycles. The molecule has 2 aromatic rings. The summed E-state index contributed by atoms with van der Waals surface area (Å²) >= 11 is 1.56. The molecule has 0 aliphatic rings. The number of aryl methyl sites for hydroxylation is 1. The minimum atomic E-state index is -0.0877.